The number of hydrogen-bond donors (Lipinski definition) is 0. The van der Waals surface area contributed by atoms with Gasteiger partial charge in [0.15, 0.2) is 0 Å². The van der Waals surface area contributed by atoms with Crippen molar-refractivity contribution in [2.24, 2.45) is 11.8 Å². The molecule has 0 spiro atoms. The molecule has 1 aromatic heterocycles. The molecule has 1 aromatic carbocycles. The third kappa shape index (κ3) is 2.26. The molecule has 2 aromatic rings. The fourth-order valence-electron chi connectivity index (χ4n) is 6.52. The number of rotatable bonds is 3. The number of hydrogen-bond acceptors (Lipinski definition) is 2. The second-order valence-corrected chi connectivity index (χ2v) is 9.01. The zero-order valence-electron chi connectivity index (χ0n) is 16.3. The molecular formula is C23H30N2O. The number of methoxy groups -OCH3 is 1. The van der Waals surface area contributed by atoms with Crippen molar-refractivity contribution in [2.45, 2.75) is 63.8 Å². The van der Waals surface area contributed by atoms with Crippen LogP contribution in [0.1, 0.15) is 60.1 Å². The number of ether oxygens (including phenoxy) is 1. The minimum Gasteiger partial charge on any atom is -0.383 e. The van der Waals surface area contributed by atoms with Crippen LogP contribution < -0.4 is 0 Å². The van der Waals surface area contributed by atoms with Crippen LogP contribution in [0.5, 0.6) is 0 Å². The first-order valence-electron chi connectivity index (χ1n) is 10.3. The molecule has 3 unspecified atom stereocenters. The van der Waals surface area contributed by atoms with Crippen LogP contribution in [-0.4, -0.2) is 23.5 Å². The number of aryl methyl sites for hydroxylation is 2. The van der Waals surface area contributed by atoms with E-state index in [9.17, 15) is 0 Å². The first-order chi connectivity index (χ1) is 12.6. The minimum absolute atomic E-state index is 0.295. The van der Waals surface area contributed by atoms with Gasteiger partial charge in [-0.05, 0) is 73.5 Å². The highest BCUT2D eigenvalue weighted by molar-refractivity contribution is 5.41. The van der Waals surface area contributed by atoms with E-state index in [1.54, 1.807) is 18.2 Å². The molecule has 0 amide bonds. The van der Waals surface area contributed by atoms with Gasteiger partial charge in [0.1, 0.15) is 0 Å². The van der Waals surface area contributed by atoms with Gasteiger partial charge in [-0.3, -0.25) is 4.68 Å². The largest absolute Gasteiger partial charge is 0.383 e. The first kappa shape index (κ1) is 16.6. The zero-order chi connectivity index (χ0) is 17.9. The lowest BCUT2D eigenvalue weighted by Gasteiger charge is -2.49. The lowest BCUT2D eigenvalue weighted by Crippen LogP contribution is -2.44. The molecule has 5 rings (SSSR count). The molecule has 4 atom stereocenters. The summed E-state index contributed by atoms with van der Waals surface area (Å²) in [5, 5.41) is 4.70. The Balaban J connectivity index is 1.49. The SMILES string of the molecule is COCCn1ncc2c1[C@@]1(C)CCC3c4ccc(C)cc4CCC3C1C2. The van der Waals surface area contributed by atoms with Crippen molar-refractivity contribution in [1.82, 2.24) is 9.78 Å². The summed E-state index contributed by atoms with van der Waals surface area (Å²) < 4.78 is 7.57. The topological polar surface area (TPSA) is 27.1 Å². The van der Waals surface area contributed by atoms with E-state index >= 15 is 0 Å². The number of aromatic nitrogens is 2. The van der Waals surface area contributed by atoms with Gasteiger partial charge in [0.2, 0.25) is 0 Å². The monoisotopic (exact) mass is 350 g/mol. The van der Waals surface area contributed by atoms with Crippen LogP contribution in [0.4, 0.5) is 0 Å². The molecule has 0 saturated heterocycles. The molecule has 3 heteroatoms. The third-order valence-electron chi connectivity index (χ3n) is 7.67. The van der Waals surface area contributed by atoms with Crippen molar-refractivity contribution in [2.75, 3.05) is 13.7 Å². The average molecular weight is 351 g/mol. The standard InChI is InChI=1S/C23H30N2O/c1-15-4-6-18-16(12-15)5-7-20-19(18)8-9-23(2)21(20)13-17-14-24-25(22(17)23)10-11-26-3/h4,6,12,14,19-21H,5,7-11,13H2,1-3H3/t19?,20?,21?,23-/m0/s1. The van der Waals surface area contributed by atoms with E-state index < -0.39 is 0 Å². The summed E-state index contributed by atoms with van der Waals surface area (Å²) in [4.78, 5) is 0. The Kier molecular flexibility index (Phi) is 3.79. The Morgan fingerprint density at radius 3 is 3.00 bits per heavy atom. The van der Waals surface area contributed by atoms with E-state index in [1.165, 1.54) is 48.9 Å². The molecule has 3 aliphatic rings. The Hall–Kier alpha value is -1.61. The van der Waals surface area contributed by atoms with Crippen LogP contribution in [0.25, 0.3) is 0 Å². The molecule has 1 heterocycles. The Morgan fingerprint density at radius 2 is 2.15 bits per heavy atom. The summed E-state index contributed by atoms with van der Waals surface area (Å²) in [7, 11) is 1.78. The maximum atomic E-state index is 5.32. The summed E-state index contributed by atoms with van der Waals surface area (Å²) in [6.07, 6.45) is 8.60. The second kappa shape index (κ2) is 5.95. The van der Waals surface area contributed by atoms with Crippen molar-refractivity contribution in [1.29, 1.82) is 0 Å². The first-order valence-corrected chi connectivity index (χ1v) is 10.3. The molecule has 0 aliphatic heterocycles. The molecule has 1 saturated carbocycles. The quantitative estimate of drug-likeness (QED) is 0.820. The molecule has 138 valence electrons. The van der Waals surface area contributed by atoms with E-state index in [0.717, 1.165) is 30.9 Å². The van der Waals surface area contributed by atoms with Crippen molar-refractivity contribution in [3.63, 3.8) is 0 Å². The lowest BCUT2D eigenvalue weighted by molar-refractivity contribution is 0.0978. The highest BCUT2D eigenvalue weighted by Crippen LogP contribution is 2.59. The third-order valence-corrected chi connectivity index (χ3v) is 7.67. The smallest absolute Gasteiger partial charge is 0.0658 e. The zero-order valence-corrected chi connectivity index (χ0v) is 16.3. The summed E-state index contributed by atoms with van der Waals surface area (Å²) in [5.74, 6) is 2.37. The van der Waals surface area contributed by atoms with Gasteiger partial charge < -0.3 is 4.74 Å². The van der Waals surface area contributed by atoms with E-state index in [2.05, 4.69) is 42.9 Å². The number of fused-ring (bicyclic) bond motifs is 7. The molecule has 0 N–H and O–H groups in total. The highest BCUT2D eigenvalue weighted by Gasteiger charge is 2.54. The van der Waals surface area contributed by atoms with Crippen LogP contribution in [-0.2, 0) is 29.5 Å². The number of benzene rings is 1. The Labute approximate surface area is 156 Å². The van der Waals surface area contributed by atoms with Crippen LogP contribution in [0.15, 0.2) is 24.4 Å². The highest BCUT2D eigenvalue weighted by atomic mass is 16.5. The van der Waals surface area contributed by atoms with Crippen LogP contribution >= 0.6 is 0 Å². The van der Waals surface area contributed by atoms with Crippen LogP contribution in [0.2, 0.25) is 0 Å². The van der Waals surface area contributed by atoms with Crippen LogP contribution in [0, 0.1) is 18.8 Å². The maximum absolute atomic E-state index is 5.32. The Bertz CT molecular complexity index is 839. The van der Waals surface area contributed by atoms with Crippen LogP contribution in [0.3, 0.4) is 0 Å². The molecule has 0 radical (unpaired) electrons. The van der Waals surface area contributed by atoms with E-state index in [1.807, 2.05) is 0 Å². The molecule has 1 fully saturated rings. The molecule has 3 aliphatic carbocycles. The van der Waals surface area contributed by atoms with Gasteiger partial charge in [-0.15, -0.1) is 0 Å². The normalized spacial score (nSPS) is 31.9. The fourth-order valence-corrected chi connectivity index (χ4v) is 6.52. The van der Waals surface area contributed by atoms with E-state index in [0.29, 0.717) is 5.41 Å². The fraction of sp³-hybridized carbons (Fsp3) is 0.609. The van der Waals surface area contributed by atoms with Crippen molar-refractivity contribution < 1.29 is 4.74 Å². The predicted molar refractivity (Wildman–Crippen MR) is 104 cm³/mol. The average Bonchev–Trinajstić information content (AvgIpc) is 3.17. The van der Waals surface area contributed by atoms with E-state index in [-0.39, 0.29) is 0 Å². The van der Waals surface area contributed by atoms with Crippen molar-refractivity contribution in [3.05, 3.63) is 52.3 Å². The summed E-state index contributed by atoms with van der Waals surface area (Å²) in [6.45, 7) is 6.37. The maximum Gasteiger partial charge on any atom is 0.0658 e. The summed E-state index contributed by atoms with van der Waals surface area (Å²) >= 11 is 0. The van der Waals surface area contributed by atoms with Gasteiger partial charge in [-0.2, -0.15) is 5.10 Å². The van der Waals surface area contributed by atoms with Gasteiger partial charge in [0, 0.05) is 18.2 Å². The Morgan fingerprint density at radius 1 is 1.27 bits per heavy atom. The van der Waals surface area contributed by atoms with Crippen molar-refractivity contribution >= 4 is 0 Å². The predicted octanol–water partition coefficient (Wildman–Crippen LogP) is 4.41. The molecule has 0 bridgehead atoms. The molecular weight excluding hydrogens is 320 g/mol. The van der Waals surface area contributed by atoms with E-state index in [4.69, 9.17) is 9.84 Å². The second-order valence-electron chi connectivity index (χ2n) is 9.01. The minimum atomic E-state index is 0.295. The van der Waals surface area contributed by atoms with Gasteiger partial charge in [-0.1, -0.05) is 30.7 Å². The summed E-state index contributed by atoms with van der Waals surface area (Å²) in [5.41, 5.74) is 8.01. The van der Waals surface area contributed by atoms with Gasteiger partial charge in [0.25, 0.3) is 0 Å². The molecule has 26 heavy (non-hydrogen) atoms. The number of nitrogens with zero attached hydrogens (tertiary/aromatic N) is 2. The van der Waals surface area contributed by atoms with Crippen molar-refractivity contribution in [3.8, 4) is 0 Å². The summed E-state index contributed by atoms with van der Waals surface area (Å²) in [6, 6.07) is 7.19. The molecule has 3 nitrogen and oxygen atoms in total. The van der Waals surface area contributed by atoms with Gasteiger partial charge >= 0.3 is 0 Å². The van der Waals surface area contributed by atoms with Gasteiger partial charge in [0.05, 0.1) is 19.3 Å². The lowest BCUT2D eigenvalue weighted by atomic mass is 9.55. The van der Waals surface area contributed by atoms with Gasteiger partial charge in [-0.25, -0.2) is 0 Å².